The Kier molecular flexibility index (Phi) is 4.92. The first kappa shape index (κ1) is 20.3. The molecule has 0 bridgehead atoms. The Bertz CT molecular complexity index is 838. The molecule has 0 radical (unpaired) electrons. The van der Waals surface area contributed by atoms with Crippen LogP contribution in [0.25, 0.3) is 0 Å². The second kappa shape index (κ2) is 7.25. The van der Waals surface area contributed by atoms with Crippen LogP contribution in [0.2, 0.25) is 0 Å². The minimum absolute atomic E-state index is 0.0442. The van der Waals surface area contributed by atoms with Crippen LogP contribution in [0.4, 0.5) is 8.78 Å². The lowest BCUT2D eigenvalue weighted by Gasteiger charge is -2.54. The Balaban J connectivity index is 1.34. The van der Waals surface area contributed by atoms with Crippen molar-refractivity contribution in [2.24, 2.45) is 35.0 Å². The van der Waals surface area contributed by atoms with Gasteiger partial charge >= 0.3 is 0 Å². The lowest BCUT2D eigenvalue weighted by molar-refractivity contribution is -0.131. The van der Waals surface area contributed by atoms with Gasteiger partial charge in [-0.3, -0.25) is 4.79 Å². The van der Waals surface area contributed by atoms with E-state index in [4.69, 9.17) is 0 Å². The average molecular weight is 419 g/mol. The molecule has 1 aromatic rings. The summed E-state index contributed by atoms with van der Waals surface area (Å²) in [6, 6.07) is 0. The molecule has 3 fully saturated rings. The number of rotatable bonds is 4. The highest BCUT2D eigenvalue weighted by molar-refractivity contribution is 5.82. The number of nitrogens with zero attached hydrogens (tertiary/aromatic N) is 2. The number of hydrogen-bond acceptors (Lipinski definition) is 3. The number of alkyl halides is 2. The Hall–Kier alpha value is -1.56. The van der Waals surface area contributed by atoms with Crippen molar-refractivity contribution in [1.82, 2.24) is 9.55 Å². The maximum Gasteiger partial charge on any atom is 0.267 e. The Morgan fingerprint density at radius 3 is 2.83 bits per heavy atom. The summed E-state index contributed by atoms with van der Waals surface area (Å²) in [5.74, 6) is 2.36. The maximum absolute atomic E-state index is 13.4. The first-order valence-electron chi connectivity index (χ1n) is 11.5. The molecule has 1 aromatic heterocycles. The minimum Gasteiger partial charge on any atom is -0.384 e. The van der Waals surface area contributed by atoms with E-state index in [0.717, 1.165) is 37.7 Å². The zero-order valence-electron chi connectivity index (χ0n) is 17.6. The Morgan fingerprint density at radius 1 is 1.27 bits per heavy atom. The number of carbonyl (C=O) groups excluding carboxylic acids is 1. The molecule has 164 valence electrons. The van der Waals surface area contributed by atoms with E-state index in [1.807, 2.05) is 10.8 Å². The molecule has 30 heavy (non-hydrogen) atoms. The van der Waals surface area contributed by atoms with Gasteiger partial charge in [0.25, 0.3) is 6.43 Å². The molecule has 7 atom stereocenters. The lowest BCUT2D eigenvalue weighted by Crippen LogP contribution is -2.50. The summed E-state index contributed by atoms with van der Waals surface area (Å²) in [4.78, 5) is 17.2. The molecular weight excluding hydrogens is 386 g/mol. The maximum atomic E-state index is 13.4. The fourth-order valence-electron chi connectivity index (χ4n) is 7.70. The number of carbonyl (C=O) groups is 1. The number of ketones is 1. The molecule has 6 heteroatoms. The van der Waals surface area contributed by atoms with E-state index in [-0.39, 0.29) is 24.2 Å². The van der Waals surface area contributed by atoms with Gasteiger partial charge in [-0.2, -0.15) is 0 Å². The van der Waals surface area contributed by atoms with Crippen molar-refractivity contribution in [3.63, 3.8) is 0 Å². The summed E-state index contributed by atoms with van der Waals surface area (Å²) in [6.45, 7) is 2.73. The highest BCUT2D eigenvalue weighted by Gasteiger charge is 2.58. The number of halogens is 2. The van der Waals surface area contributed by atoms with E-state index in [2.05, 4.69) is 18.0 Å². The predicted octanol–water partition coefficient (Wildman–Crippen LogP) is 4.64. The molecule has 4 aliphatic carbocycles. The Labute approximate surface area is 176 Å². The zero-order chi connectivity index (χ0) is 21.1. The summed E-state index contributed by atoms with van der Waals surface area (Å²) in [5.41, 5.74) is -0.723. The van der Waals surface area contributed by atoms with E-state index in [0.29, 0.717) is 42.4 Å². The van der Waals surface area contributed by atoms with Crippen molar-refractivity contribution in [3.8, 4) is 0 Å². The Morgan fingerprint density at radius 2 is 2.10 bits per heavy atom. The van der Waals surface area contributed by atoms with Crippen molar-refractivity contribution >= 4 is 5.78 Å². The smallest absolute Gasteiger partial charge is 0.267 e. The molecule has 0 saturated heterocycles. The van der Waals surface area contributed by atoms with E-state index >= 15 is 0 Å². The van der Waals surface area contributed by atoms with E-state index in [1.165, 1.54) is 0 Å². The topological polar surface area (TPSA) is 55.1 Å². The molecule has 1 N–H and O–H groups in total. The molecule has 0 aromatic carbocycles. The van der Waals surface area contributed by atoms with Gasteiger partial charge in [0.15, 0.2) is 5.78 Å². The second-order valence-electron chi connectivity index (χ2n) is 10.6. The SMILES string of the molecule is C[C@]12CC[C@H]3[C@@H](CC=C4C[C@](O)(C(F)F)CC[C@@H]43)[C@@H]1CC[C@@H]2C(=O)Cn1ccnc1. The number of fused-ring (bicyclic) bond motifs is 5. The zero-order valence-corrected chi connectivity index (χ0v) is 17.6. The summed E-state index contributed by atoms with van der Waals surface area (Å²) in [7, 11) is 0. The fourth-order valence-corrected chi connectivity index (χ4v) is 7.70. The number of allylic oxidation sites excluding steroid dienone is 1. The van der Waals surface area contributed by atoms with Gasteiger partial charge in [0.05, 0.1) is 12.9 Å². The van der Waals surface area contributed by atoms with Gasteiger partial charge in [0.1, 0.15) is 5.60 Å². The van der Waals surface area contributed by atoms with Crippen LogP contribution in [0.3, 0.4) is 0 Å². The van der Waals surface area contributed by atoms with Crippen molar-refractivity contribution in [3.05, 3.63) is 30.4 Å². The van der Waals surface area contributed by atoms with Crippen molar-refractivity contribution in [1.29, 1.82) is 0 Å². The van der Waals surface area contributed by atoms with E-state index in [1.54, 1.807) is 12.5 Å². The number of imidazole rings is 1. The van der Waals surface area contributed by atoms with Gasteiger partial charge in [-0.1, -0.05) is 18.6 Å². The van der Waals surface area contributed by atoms with Crippen LogP contribution in [0.5, 0.6) is 0 Å². The first-order valence-corrected chi connectivity index (χ1v) is 11.5. The molecule has 3 saturated carbocycles. The summed E-state index contributed by atoms with van der Waals surface area (Å²) in [6.07, 6.45) is 10.8. The van der Waals surface area contributed by atoms with Crippen LogP contribution < -0.4 is 0 Å². The van der Waals surface area contributed by atoms with E-state index in [9.17, 15) is 18.7 Å². The summed E-state index contributed by atoms with van der Waals surface area (Å²) < 4.78 is 28.6. The largest absolute Gasteiger partial charge is 0.384 e. The molecule has 0 aliphatic heterocycles. The lowest BCUT2D eigenvalue weighted by atomic mass is 9.51. The van der Waals surface area contributed by atoms with Crippen LogP contribution in [-0.2, 0) is 11.3 Å². The van der Waals surface area contributed by atoms with Crippen molar-refractivity contribution in [2.45, 2.75) is 76.9 Å². The van der Waals surface area contributed by atoms with Crippen molar-refractivity contribution < 1.29 is 18.7 Å². The average Bonchev–Trinajstić information content (AvgIpc) is 3.34. The van der Waals surface area contributed by atoms with Crippen LogP contribution in [-0.4, -0.2) is 32.5 Å². The summed E-state index contributed by atoms with van der Waals surface area (Å²) >= 11 is 0. The van der Waals surface area contributed by atoms with Gasteiger partial charge in [0.2, 0.25) is 0 Å². The molecule has 1 heterocycles. The molecule has 4 nitrogen and oxygen atoms in total. The number of aromatic nitrogens is 2. The summed E-state index contributed by atoms with van der Waals surface area (Å²) in [5, 5.41) is 10.3. The molecule has 0 unspecified atom stereocenters. The molecule has 5 rings (SSSR count). The quantitative estimate of drug-likeness (QED) is 0.725. The van der Waals surface area contributed by atoms with Gasteiger partial charge in [0, 0.05) is 24.7 Å². The molecular formula is C24H32F2N2O2. The van der Waals surface area contributed by atoms with E-state index < -0.39 is 12.0 Å². The standard InChI is InChI=1S/C24H32F2N2O2/c1-23-8-6-17-16-7-9-24(30,22(25)26)12-15(16)2-3-18(17)19(23)4-5-20(23)21(29)13-28-11-10-27-14-28/h2,10-11,14,16-20,22,30H,3-9,12-13H2,1H3/t16-,17+,18+,19-,20+,23-,24-/m0/s1. The fraction of sp³-hybridized carbons (Fsp3) is 0.750. The minimum atomic E-state index is -2.68. The number of Topliss-reactive ketones (excluding diaryl/α,β-unsaturated/α-hetero) is 1. The first-order chi connectivity index (χ1) is 14.3. The predicted molar refractivity (Wildman–Crippen MR) is 109 cm³/mol. The monoisotopic (exact) mass is 418 g/mol. The van der Waals surface area contributed by atoms with Gasteiger partial charge < -0.3 is 9.67 Å². The highest BCUT2D eigenvalue weighted by Crippen LogP contribution is 2.63. The van der Waals surface area contributed by atoms with Crippen LogP contribution in [0.15, 0.2) is 30.4 Å². The third-order valence-electron chi connectivity index (χ3n) is 9.23. The van der Waals surface area contributed by atoms with Gasteiger partial charge in [-0.25, -0.2) is 13.8 Å². The van der Waals surface area contributed by atoms with Crippen LogP contribution >= 0.6 is 0 Å². The van der Waals surface area contributed by atoms with Gasteiger partial charge in [-0.05, 0) is 74.0 Å². The van der Waals surface area contributed by atoms with Gasteiger partial charge in [-0.15, -0.1) is 0 Å². The number of hydrogen-bond donors (Lipinski definition) is 1. The van der Waals surface area contributed by atoms with Crippen LogP contribution in [0.1, 0.15) is 58.3 Å². The third kappa shape index (κ3) is 3.09. The second-order valence-corrected chi connectivity index (χ2v) is 10.6. The van der Waals surface area contributed by atoms with Crippen LogP contribution in [0, 0.1) is 35.0 Å². The normalized spacial score (nSPS) is 43.0. The third-order valence-corrected chi connectivity index (χ3v) is 9.23. The molecule has 4 aliphatic rings. The highest BCUT2D eigenvalue weighted by atomic mass is 19.3. The molecule has 0 spiro atoms. The number of aliphatic hydroxyl groups is 1. The van der Waals surface area contributed by atoms with Crippen molar-refractivity contribution in [2.75, 3.05) is 0 Å². The molecule has 0 amide bonds.